The summed E-state index contributed by atoms with van der Waals surface area (Å²) in [4.78, 5) is 0. The molecule has 0 aliphatic rings. The Labute approximate surface area is 116 Å². The van der Waals surface area contributed by atoms with Gasteiger partial charge in [-0.25, -0.2) is 0 Å². The van der Waals surface area contributed by atoms with Crippen molar-refractivity contribution < 1.29 is 0 Å². The Morgan fingerprint density at radius 1 is 1.00 bits per heavy atom. The fourth-order valence-electron chi connectivity index (χ4n) is 2.16. The highest BCUT2D eigenvalue weighted by Gasteiger charge is 2.09. The van der Waals surface area contributed by atoms with E-state index < -0.39 is 0 Å². The van der Waals surface area contributed by atoms with Crippen LogP contribution < -0.4 is 0 Å². The third-order valence-corrected chi connectivity index (χ3v) is 4.03. The van der Waals surface area contributed by atoms with Crippen LogP contribution in [0.4, 0.5) is 0 Å². The average molecular weight is 250 g/mol. The van der Waals surface area contributed by atoms with E-state index in [2.05, 4.69) is 52.5 Å². The summed E-state index contributed by atoms with van der Waals surface area (Å²) in [6, 6.07) is 0. The van der Waals surface area contributed by atoms with Gasteiger partial charge >= 0.3 is 0 Å². The summed E-state index contributed by atoms with van der Waals surface area (Å²) in [6.45, 7) is 13.1. The fraction of sp³-hybridized carbons (Fsp3) is 0.778. The van der Waals surface area contributed by atoms with Crippen molar-refractivity contribution in [3.63, 3.8) is 0 Å². The van der Waals surface area contributed by atoms with Crippen LogP contribution in [0.25, 0.3) is 0 Å². The van der Waals surface area contributed by atoms with E-state index in [4.69, 9.17) is 0 Å². The van der Waals surface area contributed by atoms with Crippen LogP contribution in [-0.2, 0) is 0 Å². The van der Waals surface area contributed by atoms with Gasteiger partial charge in [0.2, 0.25) is 0 Å². The Hall–Kier alpha value is -0.520. The Balaban J connectivity index is 3.67. The van der Waals surface area contributed by atoms with Crippen molar-refractivity contribution in [1.29, 1.82) is 0 Å². The second-order valence-corrected chi connectivity index (χ2v) is 5.90. The molecule has 0 heterocycles. The zero-order chi connectivity index (χ0) is 13.8. The summed E-state index contributed by atoms with van der Waals surface area (Å²) in [6.07, 6.45) is 16.2. The molecule has 0 spiro atoms. The minimum atomic E-state index is 0.678. The summed E-state index contributed by atoms with van der Waals surface area (Å²) >= 11 is 0. The molecular formula is C18H34. The first-order valence-corrected chi connectivity index (χ1v) is 7.91. The maximum absolute atomic E-state index is 3.85. The predicted molar refractivity (Wildman–Crippen MR) is 84.8 cm³/mol. The summed E-state index contributed by atoms with van der Waals surface area (Å²) in [5.74, 6) is 2.21. The second kappa shape index (κ2) is 11.6. The molecular weight excluding hydrogens is 216 g/mol. The van der Waals surface area contributed by atoms with Crippen LogP contribution in [0.15, 0.2) is 24.8 Å². The monoisotopic (exact) mass is 250 g/mol. The Bertz CT molecular complexity index is 214. The van der Waals surface area contributed by atoms with Crippen molar-refractivity contribution in [2.75, 3.05) is 0 Å². The van der Waals surface area contributed by atoms with E-state index in [0.717, 1.165) is 11.8 Å². The van der Waals surface area contributed by atoms with Gasteiger partial charge in [0.05, 0.1) is 0 Å². The third-order valence-electron chi connectivity index (χ3n) is 4.03. The molecule has 0 bridgehead atoms. The normalized spacial score (nSPS) is 16.7. The number of rotatable bonds is 11. The SMILES string of the molecule is C=CC(C)CCCC(C)C(C)C=CCCCCC. The molecule has 0 N–H and O–H groups in total. The first kappa shape index (κ1) is 17.5. The second-order valence-electron chi connectivity index (χ2n) is 5.90. The van der Waals surface area contributed by atoms with Gasteiger partial charge in [0.1, 0.15) is 0 Å². The number of hydrogen-bond donors (Lipinski definition) is 0. The molecule has 106 valence electrons. The molecule has 18 heavy (non-hydrogen) atoms. The van der Waals surface area contributed by atoms with Gasteiger partial charge in [-0.1, -0.05) is 71.6 Å². The van der Waals surface area contributed by atoms with Crippen molar-refractivity contribution >= 4 is 0 Å². The minimum absolute atomic E-state index is 0.678. The highest BCUT2D eigenvalue weighted by atomic mass is 14.1. The van der Waals surface area contributed by atoms with Gasteiger partial charge in [-0.05, 0) is 37.0 Å². The molecule has 0 nitrogen and oxygen atoms in total. The molecule has 0 rings (SSSR count). The highest BCUT2D eigenvalue weighted by Crippen LogP contribution is 2.21. The van der Waals surface area contributed by atoms with Gasteiger partial charge < -0.3 is 0 Å². The van der Waals surface area contributed by atoms with E-state index in [1.165, 1.54) is 44.9 Å². The van der Waals surface area contributed by atoms with Gasteiger partial charge in [-0.2, -0.15) is 0 Å². The largest absolute Gasteiger partial charge is 0.103 e. The number of unbranched alkanes of at least 4 members (excludes halogenated alkanes) is 3. The van der Waals surface area contributed by atoms with Crippen molar-refractivity contribution in [2.24, 2.45) is 17.8 Å². The zero-order valence-corrected chi connectivity index (χ0v) is 13.1. The third kappa shape index (κ3) is 9.50. The van der Waals surface area contributed by atoms with Crippen molar-refractivity contribution in [1.82, 2.24) is 0 Å². The molecule has 3 atom stereocenters. The lowest BCUT2D eigenvalue weighted by Gasteiger charge is -2.17. The first-order valence-electron chi connectivity index (χ1n) is 7.91. The van der Waals surface area contributed by atoms with Gasteiger partial charge in [-0.3, -0.25) is 0 Å². The molecule has 0 aliphatic carbocycles. The van der Waals surface area contributed by atoms with E-state index in [1.807, 2.05) is 0 Å². The van der Waals surface area contributed by atoms with E-state index in [0.29, 0.717) is 5.92 Å². The Morgan fingerprint density at radius 2 is 1.72 bits per heavy atom. The summed E-state index contributed by atoms with van der Waals surface area (Å²) in [7, 11) is 0. The quantitative estimate of drug-likeness (QED) is 0.294. The predicted octanol–water partition coefficient (Wildman–Crippen LogP) is 6.39. The minimum Gasteiger partial charge on any atom is -0.103 e. The summed E-state index contributed by atoms with van der Waals surface area (Å²) in [5, 5.41) is 0. The summed E-state index contributed by atoms with van der Waals surface area (Å²) < 4.78 is 0. The molecule has 0 fully saturated rings. The van der Waals surface area contributed by atoms with Gasteiger partial charge in [0.25, 0.3) is 0 Å². The lowest BCUT2D eigenvalue weighted by molar-refractivity contribution is 0.398. The van der Waals surface area contributed by atoms with Crippen LogP contribution in [0.2, 0.25) is 0 Å². The van der Waals surface area contributed by atoms with Crippen LogP contribution in [0.5, 0.6) is 0 Å². The van der Waals surface area contributed by atoms with Crippen LogP contribution >= 0.6 is 0 Å². The highest BCUT2D eigenvalue weighted by molar-refractivity contribution is 4.88. The van der Waals surface area contributed by atoms with E-state index in [-0.39, 0.29) is 0 Å². The molecule has 0 amide bonds. The topological polar surface area (TPSA) is 0 Å². The Morgan fingerprint density at radius 3 is 2.33 bits per heavy atom. The maximum atomic E-state index is 3.85. The molecule has 0 aromatic rings. The van der Waals surface area contributed by atoms with E-state index >= 15 is 0 Å². The molecule has 0 saturated carbocycles. The Kier molecular flexibility index (Phi) is 11.2. The molecule has 0 aromatic carbocycles. The summed E-state index contributed by atoms with van der Waals surface area (Å²) in [5.41, 5.74) is 0. The molecule has 0 radical (unpaired) electrons. The fourth-order valence-corrected chi connectivity index (χ4v) is 2.16. The van der Waals surface area contributed by atoms with Crippen LogP contribution in [0.3, 0.4) is 0 Å². The number of allylic oxidation sites excluding steroid dienone is 3. The molecule has 0 aromatic heterocycles. The average Bonchev–Trinajstić information content (AvgIpc) is 2.37. The van der Waals surface area contributed by atoms with Crippen molar-refractivity contribution in [3.05, 3.63) is 24.8 Å². The first-order chi connectivity index (χ1) is 8.61. The smallest absolute Gasteiger partial charge is 0.0236 e. The van der Waals surface area contributed by atoms with Crippen LogP contribution in [-0.4, -0.2) is 0 Å². The molecule has 0 saturated heterocycles. The van der Waals surface area contributed by atoms with Crippen molar-refractivity contribution in [2.45, 2.75) is 72.6 Å². The lowest BCUT2D eigenvalue weighted by atomic mass is 9.89. The standard InChI is InChI=1S/C18H34/c1-6-8-9-10-11-14-17(4)18(5)15-12-13-16(3)7-2/h7,11,14,16-18H,2,6,8-10,12-13,15H2,1,3-5H3. The van der Waals surface area contributed by atoms with Crippen LogP contribution in [0.1, 0.15) is 72.6 Å². The van der Waals surface area contributed by atoms with Crippen molar-refractivity contribution in [3.8, 4) is 0 Å². The number of hydrogen-bond acceptors (Lipinski definition) is 0. The lowest BCUT2D eigenvalue weighted by Crippen LogP contribution is -2.05. The van der Waals surface area contributed by atoms with E-state index in [9.17, 15) is 0 Å². The van der Waals surface area contributed by atoms with Crippen LogP contribution in [0, 0.1) is 17.8 Å². The van der Waals surface area contributed by atoms with Gasteiger partial charge in [0.15, 0.2) is 0 Å². The maximum Gasteiger partial charge on any atom is -0.0236 e. The van der Waals surface area contributed by atoms with E-state index in [1.54, 1.807) is 0 Å². The van der Waals surface area contributed by atoms with Gasteiger partial charge in [0, 0.05) is 0 Å². The van der Waals surface area contributed by atoms with Gasteiger partial charge in [-0.15, -0.1) is 6.58 Å². The molecule has 0 heteroatoms. The zero-order valence-electron chi connectivity index (χ0n) is 13.1. The molecule has 3 unspecified atom stereocenters. The molecule has 0 aliphatic heterocycles.